The smallest absolute Gasteiger partial charge is 0.00796 e. The number of allylic oxidation sites excluding steroid dienone is 6. The lowest BCUT2D eigenvalue weighted by atomic mass is 9.56. The van der Waals surface area contributed by atoms with Gasteiger partial charge in [0.05, 0.1) is 0 Å². The van der Waals surface area contributed by atoms with E-state index in [2.05, 4.69) is 159 Å². The van der Waals surface area contributed by atoms with E-state index in [0.717, 1.165) is 20.4 Å². The molecule has 0 fully saturated rings. The second-order valence-electron chi connectivity index (χ2n) is 23.0. The van der Waals surface area contributed by atoms with E-state index < -0.39 is 0 Å². The average Bonchev–Trinajstić information content (AvgIpc) is 3.20. The number of hydrogen-bond donors (Lipinski definition) is 0. The summed E-state index contributed by atoms with van der Waals surface area (Å²) in [4.78, 5) is 0. The van der Waals surface area contributed by atoms with Crippen molar-refractivity contribution in [3.05, 3.63) is 117 Å². The summed E-state index contributed by atoms with van der Waals surface area (Å²) >= 11 is 0. The molecule has 1 heteroatoms. The predicted octanol–water partition coefficient (Wildman–Crippen LogP) is 18.6. The van der Waals surface area contributed by atoms with Crippen molar-refractivity contribution in [3.8, 4) is 0 Å². The molecule has 2 aromatic carbocycles. The van der Waals surface area contributed by atoms with Crippen LogP contribution in [-0.4, -0.2) is 12.8 Å². The zero-order valence-corrected chi connectivity index (χ0v) is 43.8. The molecule has 0 saturated carbocycles. The molecule has 0 saturated heterocycles. The quantitative estimate of drug-likeness (QED) is 0.124. The first-order valence-electron chi connectivity index (χ1n) is 25.3. The van der Waals surface area contributed by atoms with Crippen LogP contribution in [0.2, 0.25) is 0 Å². The summed E-state index contributed by atoms with van der Waals surface area (Å²) in [5, 5.41) is 0. The number of rotatable bonds is 15. The fourth-order valence-electron chi connectivity index (χ4n) is 12.1. The fourth-order valence-corrected chi connectivity index (χ4v) is 12.1. The van der Waals surface area contributed by atoms with E-state index in [-0.39, 0.29) is 10.8 Å². The van der Waals surface area contributed by atoms with Crippen molar-refractivity contribution < 1.29 is 0 Å². The molecule has 0 heterocycles. The fraction of sp³-hybridized carbons (Fsp3) is 0.667. The van der Waals surface area contributed by atoms with Crippen LogP contribution in [0.1, 0.15) is 229 Å². The van der Waals surface area contributed by atoms with Crippen molar-refractivity contribution in [2.45, 2.75) is 222 Å². The van der Waals surface area contributed by atoms with Crippen LogP contribution in [0.5, 0.6) is 0 Å². The Morgan fingerprint density at radius 1 is 0.689 bits per heavy atom. The summed E-state index contributed by atoms with van der Waals surface area (Å²) < 4.78 is 0. The first-order valence-corrected chi connectivity index (χ1v) is 27.0. The largest absolute Gasteiger partial charge is 0.126 e. The predicted molar refractivity (Wildman–Crippen MR) is 278 cm³/mol. The summed E-state index contributed by atoms with van der Waals surface area (Å²) in [6, 6.07) is 10.2. The topological polar surface area (TPSA) is 0 Å². The second kappa shape index (κ2) is 22.1. The van der Waals surface area contributed by atoms with E-state index in [1.54, 1.807) is 33.4 Å². The molecule has 6 rings (SSSR count). The van der Waals surface area contributed by atoms with Crippen LogP contribution in [0.4, 0.5) is 0 Å². The Balaban J connectivity index is 0.000000247. The molecular formula is C60H95P. The molecule has 61 heavy (non-hydrogen) atoms. The lowest BCUT2D eigenvalue weighted by molar-refractivity contribution is 0.151. The van der Waals surface area contributed by atoms with Gasteiger partial charge in [-0.05, 0) is 180 Å². The highest BCUT2D eigenvalue weighted by Gasteiger charge is 2.45. The van der Waals surface area contributed by atoms with Crippen molar-refractivity contribution in [2.75, 3.05) is 12.8 Å². The Morgan fingerprint density at radius 3 is 1.51 bits per heavy atom. The lowest BCUT2D eigenvalue weighted by Gasteiger charge is -2.48. The van der Waals surface area contributed by atoms with Crippen LogP contribution in [0, 0.1) is 36.5 Å². The van der Waals surface area contributed by atoms with Crippen molar-refractivity contribution >= 4 is 8.58 Å². The van der Waals surface area contributed by atoms with Crippen LogP contribution < -0.4 is 0 Å². The van der Waals surface area contributed by atoms with Crippen molar-refractivity contribution in [2.24, 2.45) is 22.7 Å². The van der Waals surface area contributed by atoms with Gasteiger partial charge in [0.1, 0.15) is 0 Å². The Bertz CT molecular complexity index is 1830. The molecule has 0 amide bonds. The van der Waals surface area contributed by atoms with Crippen molar-refractivity contribution in [1.82, 2.24) is 0 Å². The van der Waals surface area contributed by atoms with E-state index in [1.165, 1.54) is 137 Å². The normalized spacial score (nSPS) is 22.5. The van der Waals surface area contributed by atoms with Gasteiger partial charge in [-0.1, -0.05) is 194 Å². The minimum atomic E-state index is 0.268. The van der Waals surface area contributed by atoms with Gasteiger partial charge in [0, 0.05) is 0 Å². The number of aryl methyl sites for hydroxylation is 2. The number of benzene rings is 2. The minimum Gasteiger partial charge on any atom is -0.126 e. The standard InChI is InChI=1S/C29H44.C28H42.C3H9P/c1-9-10-11-12-15-28(5,6)24-16-21(4)27-23(17-24)19-29(7,8)26-14-13-22(20(2)3)18-25(26)27;1-8-10-11-12-15-27(4,5)23-16-20(3)26-22(18-23)19-28(6,7)25-14-13-21(9-2)17-24(25)26;1-3-4-2/h13,16-17,25-26H,2,9-12,14-15,18-19H2,1,3-8H3;9,13,16,18,24-25H,2,8,10-12,14-15,17,19H2,1,3-7H3;4H,3H2,1-2H3. The molecule has 0 aliphatic heterocycles. The van der Waals surface area contributed by atoms with Crippen molar-refractivity contribution in [3.63, 3.8) is 0 Å². The molecule has 0 nitrogen and oxygen atoms in total. The molecule has 5 unspecified atom stereocenters. The van der Waals surface area contributed by atoms with E-state index in [1.807, 2.05) is 0 Å². The third-order valence-electron chi connectivity index (χ3n) is 16.1. The maximum absolute atomic E-state index is 4.25. The molecule has 0 bridgehead atoms. The van der Waals surface area contributed by atoms with Crippen LogP contribution >= 0.6 is 8.58 Å². The Kier molecular flexibility index (Phi) is 18.7. The van der Waals surface area contributed by atoms with E-state index in [0.29, 0.717) is 22.7 Å². The first-order chi connectivity index (χ1) is 28.7. The zero-order valence-electron chi connectivity index (χ0n) is 42.8. The Morgan fingerprint density at radius 2 is 1.11 bits per heavy atom. The molecule has 4 aliphatic carbocycles. The molecule has 4 aliphatic rings. The van der Waals surface area contributed by atoms with Gasteiger partial charge in [-0.25, -0.2) is 0 Å². The lowest BCUT2D eigenvalue weighted by Crippen LogP contribution is -2.38. The van der Waals surface area contributed by atoms with Crippen LogP contribution in [0.25, 0.3) is 0 Å². The van der Waals surface area contributed by atoms with Gasteiger partial charge in [-0.15, -0.1) is 8.58 Å². The van der Waals surface area contributed by atoms with Crippen molar-refractivity contribution in [1.29, 1.82) is 0 Å². The van der Waals surface area contributed by atoms with Gasteiger partial charge in [-0.3, -0.25) is 0 Å². The van der Waals surface area contributed by atoms with E-state index >= 15 is 0 Å². The maximum Gasteiger partial charge on any atom is -0.00796 e. The Labute approximate surface area is 381 Å². The highest BCUT2D eigenvalue weighted by atomic mass is 31.1. The summed E-state index contributed by atoms with van der Waals surface area (Å²) in [6.07, 6.45) is 29.0. The van der Waals surface area contributed by atoms with Gasteiger partial charge in [0.25, 0.3) is 0 Å². The van der Waals surface area contributed by atoms with Gasteiger partial charge in [-0.2, -0.15) is 0 Å². The molecule has 0 spiro atoms. The zero-order chi connectivity index (χ0) is 45.3. The third kappa shape index (κ3) is 12.8. The minimum absolute atomic E-state index is 0.268. The van der Waals surface area contributed by atoms with Gasteiger partial charge in [0.2, 0.25) is 0 Å². The van der Waals surface area contributed by atoms with Gasteiger partial charge < -0.3 is 0 Å². The molecule has 2 aromatic rings. The molecule has 0 N–H and O–H groups in total. The highest BCUT2D eigenvalue weighted by Crippen LogP contribution is 2.56. The SMILES string of the molecule is C=C(C)C1=CCC2C(C1)c1c(C)cc(C(C)(C)CCCCCC)cc1CC2(C)C.C=CC1=CCC2C(C1)c1c(C)cc(C(C)(C)CCCCCC)cc1CC2(C)C.CCPC. The number of unbranched alkanes of at least 4 members (excludes halogenated alkanes) is 6. The first kappa shape index (κ1) is 51.5. The molecule has 0 aromatic heterocycles. The number of fused-ring (bicyclic) bond motifs is 6. The summed E-state index contributed by atoms with van der Waals surface area (Å²) in [7, 11) is 1.14. The van der Waals surface area contributed by atoms with E-state index in [4.69, 9.17) is 0 Å². The monoisotopic (exact) mass is 847 g/mol. The van der Waals surface area contributed by atoms with Crippen LogP contribution in [0.15, 0.2) is 72.4 Å². The van der Waals surface area contributed by atoms with E-state index in [9.17, 15) is 0 Å². The highest BCUT2D eigenvalue weighted by molar-refractivity contribution is 7.36. The second-order valence-corrected chi connectivity index (χ2v) is 24.4. The molecule has 340 valence electrons. The molecule has 5 atom stereocenters. The third-order valence-corrected chi connectivity index (χ3v) is 16.8. The summed E-state index contributed by atoms with van der Waals surface area (Å²) in [6.45, 7) is 44.1. The average molecular weight is 847 g/mol. The Hall–Kier alpha value is -2.17. The summed E-state index contributed by atoms with van der Waals surface area (Å²) in [5.41, 5.74) is 18.3. The van der Waals surface area contributed by atoms with Crippen LogP contribution in [0.3, 0.4) is 0 Å². The summed E-state index contributed by atoms with van der Waals surface area (Å²) in [5.74, 6) is 2.84. The maximum atomic E-state index is 4.25. The van der Waals surface area contributed by atoms with Gasteiger partial charge >= 0.3 is 0 Å². The number of hydrogen-bond acceptors (Lipinski definition) is 0. The molecular weight excluding hydrogens is 752 g/mol. The van der Waals surface area contributed by atoms with Crippen LogP contribution in [-0.2, 0) is 23.7 Å². The molecule has 0 radical (unpaired) electrons. The van der Waals surface area contributed by atoms with Gasteiger partial charge in [0.15, 0.2) is 0 Å².